The highest BCUT2D eigenvalue weighted by Gasteiger charge is 2.62. The summed E-state index contributed by atoms with van der Waals surface area (Å²) in [6.07, 6.45) is -2.72. The van der Waals surface area contributed by atoms with Crippen molar-refractivity contribution in [3.63, 3.8) is 0 Å². The Morgan fingerprint density at radius 1 is 1.18 bits per heavy atom. The highest BCUT2D eigenvalue weighted by Crippen LogP contribution is 2.50. The van der Waals surface area contributed by atoms with Gasteiger partial charge in [0.25, 0.3) is 11.9 Å². The van der Waals surface area contributed by atoms with Crippen LogP contribution in [0, 0.1) is 11.9 Å². The largest absolute Gasteiger partial charge is 0.418 e. The number of anilines is 1. The molecule has 1 aliphatic carbocycles. The number of alkyl halides is 3. The molecule has 34 heavy (non-hydrogen) atoms. The van der Waals surface area contributed by atoms with E-state index in [0.29, 0.717) is 30.3 Å². The lowest BCUT2D eigenvalue weighted by atomic mass is 9.64. The van der Waals surface area contributed by atoms with Gasteiger partial charge in [-0.2, -0.15) is 22.7 Å². The molecule has 0 spiro atoms. The van der Waals surface area contributed by atoms with Crippen molar-refractivity contribution in [1.29, 1.82) is 0 Å². The lowest BCUT2D eigenvalue weighted by Gasteiger charge is -2.61. The van der Waals surface area contributed by atoms with Crippen molar-refractivity contribution < 1.29 is 31.9 Å². The highest BCUT2D eigenvalue weighted by atomic mass is 19.4. The van der Waals surface area contributed by atoms with Gasteiger partial charge in [0.05, 0.1) is 5.56 Å². The molecule has 2 aliphatic rings. The van der Waals surface area contributed by atoms with Gasteiger partial charge in [-0.25, -0.2) is 4.79 Å². The first-order chi connectivity index (χ1) is 15.9. The average molecular weight is 483 g/mol. The number of fused-ring (bicyclic) bond motifs is 2. The van der Waals surface area contributed by atoms with E-state index in [-0.39, 0.29) is 17.6 Å². The minimum absolute atomic E-state index is 0.0267. The fourth-order valence-corrected chi connectivity index (χ4v) is 4.79. The van der Waals surface area contributed by atoms with Crippen LogP contribution in [0.3, 0.4) is 0 Å². The molecule has 182 valence electrons. The van der Waals surface area contributed by atoms with Gasteiger partial charge >= 0.3 is 12.2 Å². The van der Waals surface area contributed by atoms with Crippen LogP contribution < -0.4 is 16.2 Å². The monoisotopic (exact) mass is 483 g/mol. The average Bonchev–Trinajstić information content (AvgIpc) is 3.16. The van der Waals surface area contributed by atoms with Gasteiger partial charge in [0.15, 0.2) is 0 Å². The van der Waals surface area contributed by atoms with Gasteiger partial charge in [-0.05, 0) is 37.0 Å². The topological polar surface area (TPSA) is 121 Å². The number of nitrogens with zero attached hydrogens (tertiary/aromatic N) is 4. The molecule has 2 aromatic rings. The quantitative estimate of drug-likeness (QED) is 0.457. The molecule has 2 bridgehead atoms. The van der Waals surface area contributed by atoms with Crippen LogP contribution in [0.4, 0.5) is 28.0 Å². The Hall–Kier alpha value is -3.71. The van der Waals surface area contributed by atoms with Crippen molar-refractivity contribution in [2.24, 2.45) is 5.92 Å². The molecule has 3 atom stereocenters. The summed E-state index contributed by atoms with van der Waals surface area (Å²) in [4.78, 5) is 39.0. The smallest absolute Gasteiger partial charge is 0.308 e. The Morgan fingerprint density at radius 2 is 1.91 bits per heavy atom. The molecule has 1 aliphatic heterocycles. The van der Waals surface area contributed by atoms with E-state index in [1.807, 2.05) is 6.92 Å². The minimum Gasteiger partial charge on any atom is -0.308 e. The Morgan fingerprint density at radius 3 is 2.53 bits per heavy atom. The van der Waals surface area contributed by atoms with E-state index in [1.54, 1.807) is 0 Å². The third-order valence-electron chi connectivity index (χ3n) is 5.99. The summed E-state index contributed by atoms with van der Waals surface area (Å²) in [5.74, 6) is -1.96. The summed E-state index contributed by atoms with van der Waals surface area (Å²) >= 11 is 0. The summed E-state index contributed by atoms with van der Waals surface area (Å²) in [6, 6.07) is 1.81. The minimum atomic E-state index is -4.78. The number of amides is 4. The second-order valence-electron chi connectivity index (χ2n) is 8.56. The standard InChI is InChI=1S/C20H21F4N7O3/c1-10-5-13-8-19(7-10,17(33)28-27-11(2)32)30(13)18(34)26-12-3-4-14(20(22,23)24)15(6-12)31-25-9-16(21)29-31/h3-4,6,9-10,13H,5,7-8H2,1-2H3,(H,26,34)(H,27,32)(H,28,33). The Labute approximate surface area is 190 Å². The first kappa shape index (κ1) is 23.4. The number of hydrazine groups is 1. The maximum Gasteiger partial charge on any atom is 0.418 e. The molecule has 0 radical (unpaired) electrons. The summed E-state index contributed by atoms with van der Waals surface area (Å²) in [5.41, 5.74) is 1.60. The van der Waals surface area contributed by atoms with Gasteiger partial charge in [-0.1, -0.05) is 6.92 Å². The van der Waals surface area contributed by atoms with E-state index < -0.39 is 46.8 Å². The zero-order valence-corrected chi connectivity index (χ0v) is 18.1. The number of piperidine rings is 1. The lowest BCUT2D eigenvalue weighted by molar-refractivity contribution is -0.157. The Kier molecular flexibility index (Phi) is 5.69. The molecule has 3 N–H and O–H groups in total. The molecule has 1 saturated carbocycles. The van der Waals surface area contributed by atoms with E-state index in [9.17, 15) is 31.9 Å². The molecule has 3 unspecified atom stereocenters. The van der Waals surface area contributed by atoms with Gasteiger partial charge in [-0.15, -0.1) is 9.90 Å². The Balaban J connectivity index is 1.60. The summed E-state index contributed by atoms with van der Waals surface area (Å²) in [6.45, 7) is 3.16. The number of rotatable bonds is 3. The first-order valence-corrected chi connectivity index (χ1v) is 10.4. The van der Waals surface area contributed by atoms with Crippen LogP contribution in [-0.4, -0.2) is 49.3 Å². The highest BCUT2D eigenvalue weighted by molar-refractivity contribution is 5.99. The number of hydrogen-bond donors (Lipinski definition) is 3. The normalized spacial score (nSPS) is 23.6. The maximum atomic E-state index is 13.5. The maximum absolute atomic E-state index is 13.5. The number of aromatic nitrogens is 3. The van der Waals surface area contributed by atoms with E-state index >= 15 is 0 Å². The van der Waals surface area contributed by atoms with Crippen molar-refractivity contribution in [2.75, 3.05) is 5.32 Å². The zero-order valence-electron chi connectivity index (χ0n) is 18.1. The van der Waals surface area contributed by atoms with Crippen LogP contribution in [0.5, 0.6) is 0 Å². The first-order valence-electron chi connectivity index (χ1n) is 10.4. The number of benzene rings is 1. The van der Waals surface area contributed by atoms with Crippen molar-refractivity contribution in [3.05, 3.63) is 35.9 Å². The second kappa shape index (κ2) is 8.25. The number of likely N-dealkylation sites (tertiary alicyclic amines) is 1. The zero-order chi connectivity index (χ0) is 24.8. The number of carbonyl (C=O) groups excluding carboxylic acids is 3. The molecule has 1 aromatic heterocycles. The number of urea groups is 1. The molecule has 2 fully saturated rings. The van der Waals surface area contributed by atoms with Crippen LogP contribution in [0.25, 0.3) is 5.69 Å². The van der Waals surface area contributed by atoms with Crippen LogP contribution in [0.15, 0.2) is 24.4 Å². The van der Waals surface area contributed by atoms with Crippen LogP contribution in [-0.2, 0) is 15.8 Å². The summed E-state index contributed by atoms with van der Waals surface area (Å²) < 4.78 is 53.7. The van der Waals surface area contributed by atoms with Gasteiger partial charge in [0.2, 0.25) is 5.91 Å². The molecule has 1 aromatic carbocycles. The second-order valence-corrected chi connectivity index (χ2v) is 8.56. The van der Waals surface area contributed by atoms with E-state index in [2.05, 4.69) is 26.4 Å². The molecule has 4 amide bonds. The van der Waals surface area contributed by atoms with Gasteiger partial charge in [0.1, 0.15) is 17.4 Å². The number of halogens is 4. The molecule has 2 heterocycles. The third-order valence-corrected chi connectivity index (χ3v) is 5.99. The van der Waals surface area contributed by atoms with Crippen molar-refractivity contribution in [1.82, 2.24) is 30.7 Å². The summed E-state index contributed by atoms with van der Waals surface area (Å²) in [7, 11) is 0. The predicted octanol–water partition coefficient (Wildman–Crippen LogP) is 2.37. The van der Waals surface area contributed by atoms with Crippen molar-refractivity contribution >= 4 is 23.5 Å². The van der Waals surface area contributed by atoms with Gasteiger partial charge < -0.3 is 10.2 Å². The summed E-state index contributed by atoms with van der Waals surface area (Å²) in [5, 5.41) is 9.29. The number of hydrogen-bond acceptors (Lipinski definition) is 5. The van der Waals surface area contributed by atoms with Crippen LogP contribution >= 0.6 is 0 Å². The van der Waals surface area contributed by atoms with Gasteiger partial charge in [-0.3, -0.25) is 20.4 Å². The fraction of sp³-hybridized carbons (Fsp3) is 0.450. The molecular formula is C20H21F4N7O3. The molecule has 1 saturated heterocycles. The molecule has 4 rings (SSSR count). The van der Waals surface area contributed by atoms with E-state index in [4.69, 9.17) is 0 Å². The van der Waals surface area contributed by atoms with E-state index in [1.165, 1.54) is 11.8 Å². The number of carbonyl (C=O) groups is 3. The molecule has 14 heteroatoms. The Bertz CT molecular complexity index is 1150. The molecule has 10 nitrogen and oxygen atoms in total. The van der Waals surface area contributed by atoms with Crippen molar-refractivity contribution in [3.8, 4) is 5.69 Å². The molecular weight excluding hydrogens is 462 g/mol. The predicted molar refractivity (Wildman–Crippen MR) is 109 cm³/mol. The number of nitrogens with one attached hydrogen (secondary N) is 3. The van der Waals surface area contributed by atoms with Crippen LogP contribution in [0.2, 0.25) is 0 Å². The fourth-order valence-electron chi connectivity index (χ4n) is 4.79. The third kappa shape index (κ3) is 4.15. The SMILES string of the molecule is CC(=O)NNC(=O)C12CC(C)CC(C1)N2C(=O)Nc1ccc(C(F)(F)F)c(-n2ncc(F)n2)c1. The van der Waals surface area contributed by atoms with Crippen LogP contribution in [0.1, 0.15) is 38.7 Å². The van der Waals surface area contributed by atoms with E-state index in [0.717, 1.165) is 18.2 Å². The van der Waals surface area contributed by atoms with Crippen molar-refractivity contribution in [2.45, 2.75) is 50.9 Å². The lowest BCUT2D eigenvalue weighted by Crippen LogP contribution is -2.78. The van der Waals surface area contributed by atoms with Gasteiger partial charge in [0, 0.05) is 25.1 Å².